The number of aromatic nitrogens is 2. The normalized spacial score (nSPS) is 18.8. The van der Waals surface area contributed by atoms with Crippen molar-refractivity contribution in [3.05, 3.63) is 41.6 Å². The van der Waals surface area contributed by atoms with Gasteiger partial charge in [0.05, 0.1) is 12.2 Å². The molecule has 1 aliphatic carbocycles. The third-order valence-corrected chi connectivity index (χ3v) is 3.41. The predicted octanol–water partition coefficient (Wildman–Crippen LogP) is 2.64. The number of rotatable bonds is 2. The monoisotopic (exact) mass is 217 g/mol. The first kappa shape index (κ1) is 8.85. The van der Waals surface area contributed by atoms with Crippen LogP contribution >= 0.6 is 11.5 Å². The second kappa shape index (κ2) is 3.62. The zero-order valence-corrected chi connectivity index (χ0v) is 9.00. The van der Waals surface area contributed by atoms with E-state index in [1.165, 1.54) is 29.1 Å². The minimum absolute atomic E-state index is 0.434. The molecule has 0 amide bonds. The highest BCUT2D eigenvalue weighted by atomic mass is 32.1. The fourth-order valence-corrected chi connectivity index (χ4v) is 2.58. The van der Waals surface area contributed by atoms with E-state index in [1.54, 1.807) is 6.20 Å². The summed E-state index contributed by atoms with van der Waals surface area (Å²) in [5.74, 6) is 0. The quantitative estimate of drug-likeness (QED) is 0.840. The highest BCUT2D eigenvalue weighted by Crippen LogP contribution is 2.33. The van der Waals surface area contributed by atoms with Crippen LogP contribution in [0.3, 0.4) is 0 Å². The average molecular weight is 217 g/mol. The van der Waals surface area contributed by atoms with Gasteiger partial charge in [0.2, 0.25) is 0 Å². The third-order valence-electron chi connectivity index (χ3n) is 2.81. The van der Waals surface area contributed by atoms with E-state index in [0.29, 0.717) is 6.04 Å². The van der Waals surface area contributed by atoms with Crippen molar-refractivity contribution in [1.29, 1.82) is 0 Å². The molecule has 1 aromatic carbocycles. The summed E-state index contributed by atoms with van der Waals surface area (Å²) >= 11 is 1.41. The number of nitrogens with one attached hydrogen (secondary N) is 1. The third kappa shape index (κ3) is 1.61. The largest absolute Gasteiger partial charge is 0.368 e. The van der Waals surface area contributed by atoms with Crippen molar-refractivity contribution in [2.24, 2.45) is 0 Å². The highest BCUT2D eigenvalue weighted by Gasteiger charge is 2.21. The standard InChI is InChI=1S/C11H11N3S/c1-2-4-9-8(3-1)5-6-10(9)13-11-7-12-14-15-11/h1-4,7,10,13H,5-6H2. The van der Waals surface area contributed by atoms with E-state index in [4.69, 9.17) is 0 Å². The Bertz CT molecular complexity index is 453. The molecule has 1 aromatic heterocycles. The van der Waals surface area contributed by atoms with Crippen molar-refractivity contribution < 1.29 is 0 Å². The summed E-state index contributed by atoms with van der Waals surface area (Å²) in [6.07, 6.45) is 4.11. The number of anilines is 1. The van der Waals surface area contributed by atoms with Crippen LogP contribution in [0.2, 0.25) is 0 Å². The molecular weight excluding hydrogens is 206 g/mol. The van der Waals surface area contributed by atoms with Gasteiger partial charge < -0.3 is 5.32 Å². The molecule has 0 spiro atoms. The van der Waals surface area contributed by atoms with Gasteiger partial charge >= 0.3 is 0 Å². The van der Waals surface area contributed by atoms with Crippen molar-refractivity contribution in [3.63, 3.8) is 0 Å². The maximum atomic E-state index is 3.85. The van der Waals surface area contributed by atoms with Crippen LogP contribution in [-0.2, 0) is 6.42 Å². The first-order valence-electron chi connectivity index (χ1n) is 5.05. The van der Waals surface area contributed by atoms with Crippen LogP contribution < -0.4 is 5.32 Å². The summed E-state index contributed by atoms with van der Waals surface area (Å²) < 4.78 is 3.85. The van der Waals surface area contributed by atoms with Gasteiger partial charge in [0.15, 0.2) is 0 Å². The molecule has 0 saturated carbocycles. The molecule has 1 aliphatic rings. The van der Waals surface area contributed by atoms with E-state index >= 15 is 0 Å². The van der Waals surface area contributed by atoms with Crippen molar-refractivity contribution in [3.8, 4) is 0 Å². The second-order valence-corrected chi connectivity index (χ2v) is 4.50. The summed E-state index contributed by atoms with van der Waals surface area (Å²) in [6, 6.07) is 9.05. The van der Waals surface area contributed by atoms with Crippen LogP contribution in [-0.4, -0.2) is 9.59 Å². The Morgan fingerprint density at radius 2 is 2.27 bits per heavy atom. The zero-order chi connectivity index (χ0) is 10.1. The van der Waals surface area contributed by atoms with Crippen LogP contribution in [0.15, 0.2) is 30.5 Å². The van der Waals surface area contributed by atoms with Crippen LogP contribution in [0.5, 0.6) is 0 Å². The topological polar surface area (TPSA) is 37.8 Å². The van der Waals surface area contributed by atoms with Gasteiger partial charge in [-0.1, -0.05) is 28.8 Å². The lowest BCUT2D eigenvalue weighted by atomic mass is 10.1. The lowest BCUT2D eigenvalue weighted by Crippen LogP contribution is -2.05. The SMILES string of the molecule is c1ccc2c(c1)CCC2Nc1cnns1. The van der Waals surface area contributed by atoms with E-state index in [9.17, 15) is 0 Å². The van der Waals surface area contributed by atoms with Gasteiger partial charge in [0, 0.05) is 11.5 Å². The zero-order valence-electron chi connectivity index (χ0n) is 8.18. The minimum Gasteiger partial charge on any atom is -0.368 e. The Balaban J connectivity index is 1.85. The Labute approximate surface area is 92.3 Å². The lowest BCUT2D eigenvalue weighted by molar-refractivity contribution is 0.764. The van der Waals surface area contributed by atoms with Gasteiger partial charge in [-0.25, -0.2) is 0 Å². The molecule has 4 heteroatoms. The maximum absolute atomic E-state index is 3.85. The van der Waals surface area contributed by atoms with E-state index in [2.05, 4.69) is 39.2 Å². The van der Waals surface area contributed by atoms with Crippen LogP contribution in [0, 0.1) is 0 Å². The van der Waals surface area contributed by atoms with Crippen LogP contribution in [0.1, 0.15) is 23.6 Å². The fourth-order valence-electron chi connectivity index (χ4n) is 2.11. The molecule has 0 aliphatic heterocycles. The molecule has 1 unspecified atom stereocenters. The maximum Gasteiger partial charge on any atom is 0.130 e. The Kier molecular flexibility index (Phi) is 2.14. The Hall–Kier alpha value is -1.42. The number of benzene rings is 1. The molecule has 0 saturated heterocycles. The molecule has 1 N–H and O–H groups in total. The molecule has 1 atom stereocenters. The number of aryl methyl sites for hydroxylation is 1. The molecule has 76 valence electrons. The molecule has 0 fully saturated rings. The summed E-state index contributed by atoms with van der Waals surface area (Å²) in [5.41, 5.74) is 2.89. The predicted molar refractivity (Wildman–Crippen MR) is 61.0 cm³/mol. The average Bonchev–Trinajstić information content (AvgIpc) is 2.89. The minimum atomic E-state index is 0.434. The van der Waals surface area contributed by atoms with Crippen LogP contribution in [0.25, 0.3) is 0 Å². The molecule has 1 heterocycles. The fraction of sp³-hybridized carbons (Fsp3) is 0.273. The number of hydrogen-bond donors (Lipinski definition) is 1. The van der Waals surface area contributed by atoms with Gasteiger partial charge in [-0.05, 0) is 24.0 Å². The summed E-state index contributed by atoms with van der Waals surface area (Å²) in [5, 5.41) is 8.35. The summed E-state index contributed by atoms with van der Waals surface area (Å²) in [7, 11) is 0. The van der Waals surface area contributed by atoms with Crippen molar-refractivity contribution in [2.45, 2.75) is 18.9 Å². The van der Waals surface area contributed by atoms with E-state index < -0.39 is 0 Å². The molecule has 3 nitrogen and oxygen atoms in total. The van der Waals surface area contributed by atoms with Gasteiger partial charge in [-0.2, -0.15) is 0 Å². The van der Waals surface area contributed by atoms with Crippen molar-refractivity contribution in [1.82, 2.24) is 9.59 Å². The van der Waals surface area contributed by atoms with Gasteiger partial charge in [-0.15, -0.1) is 5.10 Å². The molecule has 15 heavy (non-hydrogen) atoms. The number of nitrogens with zero attached hydrogens (tertiary/aromatic N) is 2. The van der Waals surface area contributed by atoms with E-state index in [0.717, 1.165) is 11.4 Å². The number of fused-ring (bicyclic) bond motifs is 1. The molecular formula is C11H11N3S. The molecule has 0 bridgehead atoms. The molecule has 2 aromatic rings. The van der Waals surface area contributed by atoms with E-state index in [1.807, 2.05) is 0 Å². The van der Waals surface area contributed by atoms with E-state index in [-0.39, 0.29) is 0 Å². The van der Waals surface area contributed by atoms with Crippen molar-refractivity contribution in [2.75, 3.05) is 5.32 Å². The van der Waals surface area contributed by atoms with Gasteiger partial charge in [-0.3, -0.25) is 0 Å². The van der Waals surface area contributed by atoms with Gasteiger partial charge in [0.25, 0.3) is 0 Å². The highest BCUT2D eigenvalue weighted by molar-refractivity contribution is 7.09. The Morgan fingerprint density at radius 1 is 1.33 bits per heavy atom. The van der Waals surface area contributed by atoms with Crippen LogP contribution in [0.4, 0.5) is 5.00 Å². The smallest absolute Gasteiger partial charge is 0.130 e. The van der Waals surface area contributed by atoms with Crippen molar-refractivity contribution >= 4 is 16.5 Å². The lowest BCUT2D eigenvalue weighted by Gasteiger charge is -2.12. The summed E-state index contributed by atoms with van der Waals surface area (Å²) in [4.78, 5) is 0. The van der Waals surface area contributed by atoms with Gasteiger partial charge in [0.1, 0.15) is 5.00 Å². The molecule has 0 radical (unpaired) electrons. The first-order valence-corrected chi connectivity index (χ1v) is 5.82. The summed E-state index contributed by atoms with van der Waals surface area (Å²) in [6.45, 7) is 0. The molecule has 3 rings (SSSR count). The second-order valence-electron chi connectivity index (χ2n) is 3.72. The Morgan fingerprint density at radius 3 is 3.13 bits per heavy atom. The number of hydrogen-bond acceptors (Lipinski definition) is 4. The first-order chi connectivity index (χ1) is 7.43.